The summed E-state index contributed by atoms with van der Waals surface area (Å²) in [5.74, 6) is -2.13. The van der Waals surface area contributed by atoms with Crippen LogP contribution in [-0.4, -0.2) is 46.5 Å². The summed E-state index contributed by atoms with van der Waals surface area (Å²) in [6.45, 7) is 3.38. The molecule has 0 unspecified atom stereocenters. The molecule has 1 aromatic carbocycles. The molecule has 142 valence electrons. The number of carbonyl (C=O) groups excluding carboxylic acids is 2. The quantitative estimate of drug-likeness (QED) is 0.603. The molecule has 0 aliphatic carbocycles. The monoisotopic (exact) mass is 402 g/mol. The van der Waals surface area contributed by atoms with Crippen LogP contribution in [0.1, 0.15) is 19.8 Å². The van der Waals surface area contributed by atoms with E-state index in [1.54, 1.807) is 0 Å². The summed E-state index contributed by atoms with van der Waals surface area (Å²) in [5, 5.41) is 2.16. The number of thiocarbonyl (C=S) groups is 1. The maximum absolute atomic E-state index is 13.4. The van der Waals surface area contributed by atoms with E-state index < -0.39 is 30.1 Å². The Morgan fingerprint density at radius 3 is 2.73 bits per heavy atom. The van der Waals surface area contributed by atoms with Gasteiger partial charge in [0.1, 0.15) is 16.0 Å². The number of likely N-dealkylation sites (tertiary alicyclic amines) is 1. The van der Waals surface area contributed by atoms with E-state index >= 15 is 0 Å². The van der Waals surface area contributed by atoms with Crippen LogP contribution in [0, 0.1) is 17.6 Å². The molecule has 1 saturated heterocycles. The van der Waals surface area contributed by atoms with Crippen molar-refractivity contribution >= 4 is 45.9 Å². The molecule has 0 bridgehead atoms. The number of ether oxygens (including phenoxy) is 1. The van der Waals surface area contributed by atoms with E-state index in [2.05, 4.69) is 17.1 Å². The Labute approximate surface area is 160 Å². The molecule has 0 spiro atoms. The predicted octanol–water partition coefficient (Wildman–Crippen LogP) is 3.20. The Morgan fingerprint density at radius 1 is 1.35 bits per heavy atom. The van der Waals surface area contributed by atoms with Crippen molar-refractivity contribution in [2.45, 2.75) is 19.8 Å². The largest absolute Gasteiger partial charge is 0.455 e. The second-order valence-corrected chi connectivity index (χ2v) is 7.67. The first-order chi connectivity index (χ1) is 12.3. The van der Waals surface area contributed by atoms with Gasteiger partial charge in [-0.25, -0.2) is 8.78 Å². The summed E-state index contributed by atoms with van der Waals surface area (Å²) in [5.41, 5.74) is -0.305. The number of piperidine rings is 1. The number of carbonyl (C=O) groups is 2. The number of hydrogen-bond donors (Lipinski definition) is 1. The Hall–Kier alpha value is -1.74. The molecule has 9 heteroatoms. The highest BCUT2D eigenvalue weighted by Crippen LogP contribution is 2.20. The minimum atomic E-state index is -0.775. The van der Waals surface area contributed by atoms with Crippen LogP contribution in [-0.2, 0) is 14.3 Å². The molecule has 1 heterocycles. The van der Waals surface area contributed by atoms with Gasteiger partial charge in [0.15, 0.2) is 6.61 Å². The van der Waals surface area contributed by atoms with Crippen LogP contribution in [0.4, 0.5) is 14.5 Å². The van der Waals surface area contributed by atoms with Crippen LogP contribution in [0.2, 0.25) is 0 Å². The summed E-state index contributed by atoms with van der Waals surface area (Å²) >= 11 is 6.50. The number of anilines is 1. The van der Waals surface area contributed by atoms with Gasteiger partial charge in [-0.15, -0.1) is 0 Å². The summed E-state index contributed by atoms with van der Waals surface area (Å²) in [7, 11) is 0. The number of amides is 1. The number of nitrogens with one attached hydrogen (secondary N) is 1. The zero-order chi connectivity index (χ0) is 19.1. The van der Waals surface area contributed by atoms with Gasteiger partial charge >= 0.3 is 5.97 Å². The number of esters is 1. The summed E-state index contributed by atoms with van der Waals surface area (Å²) in [4.78, 5) is 25.5. The van der Waals surface area contributed by atoms with Gasteiger partial charge in [-0.05, 0) is 30.9 Å². The molecular weight excluding hydrogens is 382 g/mol. The molecule has 26 heavy (non-hydrogen) atoms. The van der Waals surface area contributed by atoms with Gasteiger partial charge in [-0.1, -0.05) is 30.9 Å². The minimum Gasteiger partial charge on any atom is -0.455 e. The minimum absolute atomic E-state index is 0.00745. The average molecular weight is 402 g/mol. The Morgan fingerprint density at radius 2 is 2.04 bits per heavy atom. The van der Waals surface area contributed by atoms with Gasteiger partial charge < -0.3 is 15.0 Å². The van der Waals surface area contributed by atoms with Gasteiger partial charge in [0.25, 0.3) is 5.91 Å². The third-order valence-corrected chi connectivity index (χ3v) is 5.42. The SMILES string of the molecule is CC1CCN(C(=S)SCC(=O)OCC(=O)Nc2cc(F)ccc2F)CC1. The van der Waals surface area contributed by atoms with E-state index in [0.717, 1.165) is 44.1 Å². The zero-order valence-corrected chi connectivity index (χ0v) is 15.9. The molecule has 1 amide bonds. The molecule has 0 aromatic heterocycles. The van der Waals surface area contributed by atoms with Crippen molar-refractivity contribution in [1.29, 1.82) is 0 Å². The van der Waals surface area contributed by atoms with E-state index in [-0.39, 0.29) is 11.4 Å². The lowest BCUT2D eigenvalue weighted by Gasteiger charge is -2.31. The second kappa shape index (κ2) is 9.82. The van der Waals surface area contributed by atoms with E-state index in [0.29, 0.717) is 10.2 Å². The van der Waals surface area contributed by atoms with E-state index in [1.165, 1.54) is 11.8 Å². The summed E-state index contributed by atoms with van der Waals surface area (Å²) < 4.78 is 31.9. The molecule has 1 N–H and O–H groups in total. The first-order valence-electron chi connectivity index (χ1n) is 8.17. The normalized spacial score (nSPS) is 14.8. The molecule has 1 aromatic rings. The number of thioether (sulfide) groups is 1. The molecule has 0 radical (unpaired) electrons. The first-order valence-corrected chi connectivity index (χ1v) is 9.56. The number of halogens is 2. The molecule has 2 rings (SSSR count). The molecule has 5 nitrogen and oxygen atoms in total. The molecule has 1 fully saturated rings. The average Bonchev–Trinajstić information content (AvgIpc) is 2.61. The number of benzene rings is 1. The van der Waals surface area contributed by atoms with Crippen molar-refractivity contribution in [2.24, 2.45) is 5.92 Å². The Balaban J connectivity index is 1.68. The summed E-state index contributed by atoms with van der Waals surface area (Å²) in [6, 6.07) is 2.69. The van der Waals surface area contributed by atoms with Crippen molar-refractivity contribution in [1.82, 2.24) is 4.90 Å². The highest BCUT2D eigenvalue weighted by atomic mass is 32.2. The van der Waals surface area contributed by atoms with Crippen LogP contribution >= 0.6 is 24.0 Å². The molecule has 0 saturated carbocycles. The zero-order valence-electron chi connectivity index (χ0n) is 14.3. The third-order valence-electron chi connectivity index (χ3n) is 3.92. The van der Waals surface area contributed by atoms with Gasteiger partial charge in [-0.3, -0.25) is 9.59 Å². The first kappa shape index (κ1) is 20.6. The highest BCUT2D eigenvalue weighted by molar-refractivity contribution is 8.23. The molecule has 1 aliphatic rings. The molecule has 0 atom stereocenters. The number of hydrogen-bond acceptors (Lipinski definition) is 5. The summed E-state index contributed by atoms with van der Waals surface area (Å²) in [6.07, 6.45) is 2.14. The predicted molar refractivity (Wildman–Crippen MR) is 101 cm³/mol. The van der Waals surface area contributed by atoms with Crippen molar-refractivity contribution in [3.05, 3.63) is 29.8 Å². The van der Waals surface area contributed by atoms with Crippen LogP contribution in [0.15, 0.2) is 18.2 Å². The lowest BCUT2D eigenvalue weighted by Crippen LogP contribution is -2.36. The van der Waals surface area contributed by atoms with Crippen molar-refractivity contribution in [3.8, 4) is 0 Å². The van der Waals surface area contributed by atoms with Crippen molar-refractivity contribution in [3.63, 3.8) is 0 Å². The third kappa shape index (κ3) is 6.53. The number of nitrogens with zero attached hydrogens (tertiary/aromatic N) is 1. The lowest BCUT2D eigenvalue weighted by molar-refractivity contribution is -0.144. The smallest absolute Gasteiger partial charge is 0.316 e. The molecular formula is C17H20F2N2O3S2. The fourth-order valence-corrected chi connectivity index (χ4v) is 3.42. The standard InChI is InChI=1S/C17H20F2N2O3S2/c1-11-4-6-21(7-5-11)17(25)26-10-16(23)24-9-15(22)20-14-8-12(18)2-3-13(14)19/h2-3,8,11H,4-7,9-10H2,1H3,(H,20,22). The van der Waals surface area contributed by atoms with Crippen molar-refractivity contribution < 1.29 is 23.1 Å². The fourth-order valence-electron chi connectivity index (χ4n) is 2.37. The van der Waals surface area contributed by atoms with Crippen LogP contribution in [0.5, 0.6) is 0 Å². The maximum atomic E-state index is 13.4. The van der Waals surface area contributed by atoms with Crippen LogP contribution < -0.4 is 5.32 Å². The topological polar surface area (TPSA) is 58.6 Å². The van der Waals surface area contributed by atoms with Gasteiger partial charge in [0.2, 0.25) is 0 Å². The molecule has 1 aliphatic heterocycles. The van der Waals surface area contributed by atoms with Gasteiger partial charge in [-0.2, -0.15) is 0 Å². The van der Waals surface area contributed by atoms with Crippen molar-refractivity contribution in [2.75, 3.05) is 30.8 Å². The van der Waals surface area contributed by atoms with E-state index in [9.17, 15) is 18.4 Å². The highest BCUT2D eigenvalue weighted by Gasteiger charge is 2.19. The van der Waals surface area contributed by atoms with Gasteiger partial charge in [0, 0.05) is 19.2 Å². The van der Waals surface area contributed by atoms with Gasteiger partial charge in [0.05, 0.1) is 11.4 Å². The second-order valence-electron chi connectivity index (χ2n) is 6.06. The van der Waals surface area contributed by atoms with E-state index in [1.807, 2.05) is 0 Å². The Kier molecular flexibility index (Phi) is 7.77. The Bertz CT molecular complexity index is 680. The van der Waals surface area contributed by atoms with Crippen LogP contribution in [0.25, 0.3) is 0 Å². The maximum Gasteiger partial charge on any atom is 0.316 e. The lowest BCUT2D eigenvalue weighted by atomic mass is 10.00. The van der Waals surface area contributed by atoms with Crippen LogP contribution in [0.3, 0.4) is 0 Å². The van der Waals surface area contributed by atoms with E-state index in [4.69, 9.17) is 17.0 Å². The fraction of sp³-hybridized carbons (Fsp3) is 0.471. The number of rotatable bonds is 5.